The first-order valence-corrected chi connectivity index (χ1v) is 9.07. The standard InChI is InChI=1S/C19H33N5O3/c1-6-7-8-23(17(18(26)27-5)15(20)13-16(21)25)14-22-9-11-24(12-10-22)19(2,3)4/h8-14,20H2,1-5H3,(H2,21,25)/b17-15-. The van der Waals surface area contributed by atoms with Crippen LogP contribution in [0.2, 0.25) is 0 Å². The van der Waals surface area contributed by atoms with Crippen LogP contribution in [0.15, 0.2) is 11.4 Å². The fourth-order valence-electron chi connectivity index (χ4n) is 3.01. The summed E-state index contributed by atoms with van der Waals surface area (Å²) in [6.45, 7) is 12.7. The highest BCUT2D eigenvalue weighted by Crippen LogP contribution is 2.18. The first kappa shape index (κ1) is 22.8. The Morgan fingerprint density at radius 1 is 1.15 bits per heavy atom. The molecule has 0 aromatic carbocycles. The third-order valence-electron chi connectivity index (χ3n) is 4.50. The predicted molar refractivity (Wildman–Crippen MR) is 105 cm³/mol. The fourth-order valence-corrected chi connectivity index (χ4v) is 3.01. The van der Waals surface area contributed by atoms with Crippen molar-refractivity contribution in [1.29, 1.82) is 0 Å². The van der Waals surface area contributed by atoms with E-state index in [1.54, 1.807) is 11.8 Å². The Balaban J connectivity index is 3.00. The molecule has 8 nitrogen and oxygen atoms in total. The molecule has 1 heterocycles. The summed E-state index contributed by atoms with van der Waals surface area (Å²) in [7, 11) is 1.28. The zero-order valence-electron chi connectivity index (χ0n) is 17.2. The lowest BCUT2D eigenvalue weighted by molar-refractivity contribution is -0.138. The molecule has 0 radical (unpaired) electrons. The lowest BCUT2D eigenvalue weighted by Gasteiger charge is -2.43. The number of methoxy groups -OCH3 is 1. The van der Waals surface area contributed by atoms with E-state index >= 15 is 0 Å². The van der Waals surface area contributed by atoms with Gasteiger partial charge >= 0.3 is 5.97 Å². The van der Waals surface area contributed by atoms with Crippen molar-refractivity contribution in [2.45, 2.75) is 39.7 Å². The van der Waals surface area contributed by atoms with Crippen LogP contribution in [0.25, 0.3) is 0 Å². The molecular weight excluding hydrogens is 346 g/mol. The number of esters is 1. The van der Waals surface area contributed by atoms with Crippen molar-refractivity contribution in [2.75, 3.05) is 46.5 Å². The lowest BCUT2D eigenvalue weighted by Crippen LogP contribution is -2.55. The molecule has 0 atom stereocenters. The molecule has 1 aliphatic rings. The van der Waals surface area contributed by atoms with Gasteiger partial charge in [0.15, 0.2) is 0 Å². The highest BCUT2D eigenvalue weighted by atomic mass is 16.5. The maximum absolute atomic E-state index is 12.3. The first-order chi connectivity index (χ1) is 12.6. The molecule has 0 unspecified atom stereocenters. The third kappa shape index (κ3) is 7.12. The van der Waals surface area contributed by atoms with E-state index < -0.39 is 11.9 Å². The highest BCUT2D eigenvalue weighted by Gasteiger charge is 2.28. The van der Waals surface area contributed by atoms with Crippen molar-refractivity contribution in [2.24, 2.45) is 11.5 Å². The molecule has 27 heavy (non-hydrogen) atoms. The summed E-state index contributed by atoms with van der Waals surface area (Å²) >= 11 is 0. The van der Waals surface area contributed by atoms with Crippen LogP contribution in [-0.4, -0.2) is 78.6 Å². The van der Waals surface area contributed by atoms with E-state index in [9.17, 15) is 9.59 Å². The van der Waals surface area contributed by atoms with E-state index in [4.69, 9.17) is 16.2 Å². The molecule has 152 valence electrons. The highest BCUT2D eigenvalue weighted by molar-refractivity contribution is 5.90. The number of rotatable bonds is 7. The molecular formula is C19H33N5O3. The third-order valence-corrected chi connectivity index (χ3v) is 4.50. The quantitative estimate of drug-likeness (QED) is 0.362. The molecule has 0 aromatic heterocycles. The van der Waals surface area contributed by atoms with Gasteiger partial charge < -0.3 is 21.1 Å². The number of carbonyl (C=O) groups excluding carboxylic acids is 2. The topological polar surface area (TPSA) is 105 Å². The Morgan fingerprint density at radius 2 is 1.74 bits per heavy atom. The van der Waals surface area contributed by atoms with Crippen LogP contribution in [0.4, 0.5) is 0 Å². The minimum Gasteiger partial charge on any atom is -0.464 e. The fraction of sp³-hybridized carbons (Fsp3) is 0.684. The summed E-state index contributed by atoms with van der Waals surface area (Å²) in [5, 5.41) is 0. The van der Waals surface area contributed by atoms with Crippen molar-refractivity contribution >= 4 is 11.9 Å². The van der Waals surface area contributed by atoms with Crippen LogP contribution in [0, 0.1) is 11.8 Å². The van der Waals surface area contributed by atoms with E-state index in [0.717, 1.165) is 26.2 Å². The van der Waals surface area contributed by atoms with Crippen molar-refractivity contribution in [1.82, 2.24) is 14.7 Å². The summed E-state index contributed by atoms with van der Waals surface area (Å²) in [6, 6.07) is 0. The van der Waals surface area contributed by atoms with Crippen molar-refractivity contribution in [3.8, 4) is 11.8 Å². The average Bonchev–Trinajstić information content (AvgIpc) is 2.58. The molecule has 0 saturated carbocycles. The number of piperazine rings is 1. The second-order valence-electron chi connectivity index (χ2n) is 7.55. The average molecular weight is 380 g/mol. The van der Waals surface area contributed by atoms with Crippen LogP contribution in [-0.2, 0) is 14.3 Å². The van der Waals surface area contributed by atoms with Gasteiger partial charge in [-0.25, -0.2) is 4.79 Å². The molecule has 1 rings (SSSR count). The maximum atomic E-state index is 12.3. The maximum Gasteiger partial charge on any atom is 0.356 e. The Bertz CT molecular complexity index is 619. The van der Waals surface area contributed by atoms with Gasteiger partial charge in [0.05, 0.1) is 26.7 Å². The second-order valence-corrected chi connectivity index (χ2v) is 7.55. The van der Waals surface area contributed by atoms with Gasteiger partial charge in [-0.3, -0.25) is 14.6 Å². The van der Waals surface area contributed by atoms with Gasteiger partial charge in [0.1, 0.15) is 5.70 Å². The molecule has 8 heteroatoms. The van der Waals surface area contributed by atoms with Crippen LogP contribution in [0.5, 0.6) is 0 Å². The van der Waals surface area contributed by atoms with E-state index in [-0.39, 0.29) is 23.4 Å². The Morgan fingerprint density at radius 3 is 2.19 bits per heavy atom. The number of carbonyl (C=O) groups is 2. The summed E-state index contributed by atoms with van der Waals surface area (Å²) < 4.78 is 4.88. The van der Waals surface area contributed by atoms with E-state index in [0.29, 0.717) is 13.2 Å². The molecule has 1 aliphatic heterocycles. The zero-order valence-corrected chi connectivity index (χ0v) is 17.2. The first-order valence-electron chi connectivity index (χ1n) is 9.07. The van der Waals surface area contributed by atoms with Crippen LogP contribution >= 0.6 is 0 Å². The van der Waals surface area contributed by atoms with Crippen molar-refractivity contribution in [3.05, 3.63) is 11.4 Å². The van der Waals surface area contributed by atoms with Crippen LogP contribution in [0.3, 0.4) is 0 Å². The normalized spacial score (nSPS) is 16.8. The van der Waals surface area contributed by atoms with Crippen LogP contribution < -0.4 is 11.5 Å². The Labute approximate surface area is 162 Å². The minimum atomic E-state index is -0.603. The van der Waals surface area contributed by atoms with Crippen LogP contribution in [0.1, 0.15) is 34.1 Å². The summed E-state index contributed by atoms with van der Waals surface area (Å²) in [5.74, 6) is 4.59. The molecule has 0 aromatic rings. The summed E-state index contributed by atoms with van der Waals surface area (Å²) in [6.07, 6.45) is -0.210. The molecule has 1 saturated heterocycles. The number of hydrogen-bond donors (Lipinski definition) is 2. The number of nitrogens with zero attached hydrogens (tertiary/aromatic N) is 3. The molecule has 0 spiro atoms. The van der Waals surface area contributed by atoms with E-state index in [1.807, 2.05) is 0 Å². The SMILES string of the molecule is CC#CCN(CN1CCN(C(C)(C)C)CC1)/C(C(=O)OC)=C(\N)CC(N)=O. The number of hydrogen-bond acceptors (Lipinski definition) is 7. The summed E-state index contributed by atoms with van der Waals surface area (Å²) in [4.78, 5) is 30.0. The minimum absolute atomic E-state index is 0.0978. The molecule has 1 amide bonds. The zero-order chi connectivity index (χ0) is 20.6. The summed E-state index contributed by atoms with van der Waals surface area (Å²) in [5.41, 5.74) is 11.6. The van der Waals surface area contributed by atoms with Gasteiger partial charge in [-0.05, 0) is 27.7 Å². The molecule has 0 bridgehead atoms. The van der Waals surface area contributed by atoms with E-state index in [1.165, 1.54) is 7.11 Å². The van der Waals surface area contributed by atoms with Crippen molar-refractivity contribution in [3.63, 3.8) is 0 Å². The van der Waals surface area contributed by atoms with Gasteiger partial charge in [0.2, 0.25) is 5.91 Å². The van der Waals surface area contributed by atoms with Gasteiger partial charge in [-0.1, -0.05) is 5.92 Å². The van der Waals surface area contributed by atoms with Gasteiger partial charge in [-0.15, -0.1) is 5.92 Å². The Kier molecular flexibility index (Phi) is 8.60. The van der Waals surface area contributed by atoms with Gasteiger partial charge in [-0.2, -0.15) is 0 Å². The Hall–Kier alpha value is -2.24. The van der Waals surface area contributed by atoms with Gasteiger partial charge in [0, 0.05) is 37.4 Å². The molecule has 4 N–H and O–H groups in total. The monoisotopic (exact) mass is 379 g/mol. The number of nitrogens with two attached hydrogens (primary N) is 2. The molecule has 0 aliphatic carbocycles. The van der Waals surface area contributed by atoms with Gasteiger partial charge in [0.25, 0.3) is 0 Å². The number of amides is 1. The number of ether oxygens (including phenoxy) is 1. The number of primary amides is 1. The second kappa shape index (κ2) is 10.2. The van der Waals surface area contributed by atoms with Crippen molar-refractivity contribution < 1.29 is 14.3 Å². The largest absolute Gasteiger partial charge is 0.464 e. The lowest BCUT2D eigenvalue weighted by atomic mass is 10.1. The molecule has 1 fully saturated rings. The smallest absolute Gasteiger partial charge is 0.356 e. The van der Waals surface area contributed by atoms with E-state index in [2.05, 4.69) is 42.4 Å². The predicted octanol–water partition coefficient (Wildman–Crippen LogP) is -0.0960.